The molecule has 7 heteroatoms. The Bertz CT molecular complexity index is 1140. The topological polar surface area (TPSA) is 78.9 Å². The van der Waals surface area contributed by atoms with Crippen LogP contribution in [-0.4, -0.2) is 23.8 Å². The third-order valence-electron chi connectivity index (χ3n) is 5.45. The average Bonchev–Trinajstić information content (AvgIpc) is 2.89. The number of esters is 2. The summed E-state index contributed by atoms with van der Waals surface area (Å²) in [4.78, 5) is 35.9. The molecule has 188 valence electrons. The molecule has 0 radical (unpaired) electrons. The third-order valence-corrected chi connectivity index (χ3v) is 5.67. The van der Waals surface area contributed by atoms with Crippen molar-refractivity contribution in [2.45, 2.75) is 45.4 Å². The second kappa shape index (κ2) is 14.0. The molecule has 0 heterocycles. The maximum atomic E-state index is 12.5. The first-order chi connectivity index (χ1) is 17.5. The molecule has 0 amide bonds. The molecule has 0 fully saturated rings. The van der Waals surface area contributed by atoms with E-state index in [0.717, 1.165) is 12.8 Å². The Morgan fingerprint density at radius 2 is 1.00 bits per heavy atom. The summed E-state index contributed by atoms with van der Waals surface area (Å²) in [5.74, 6) is 0.185. The van der Waals surface area contributed by atoms with Gasteiger partial charge in [0.1, 0.15) is 17.2 Å². The molecule has 0 aliphatic heterocycles. The first-order valence-corrected chi connectivity index (χ1v) is 12.4. The SMILES string of the molecule is CCCCCCCCOc1ccc(C(=O)Oc2ccc(C(=O)Oc3ccc(C(=O)Cl)cc3)cc2)cc1. The van der Waals surface area contributed by atoms with Crippen LogP contribution in [0.5, 0.6) is 17.2 Å². The van der Waals surface area contributed by atoms with E-state index in [4.69, 9.17) is 25.8 Å². The molecule has 6 nitrogen and oxygen atoms in total. The Balaban J connectivity index is 1.45. The molecule has 0 N–H and O–H groups in total. The lowest BCUT2D eigenvalue weighted by molar-refractivity contribution is 0.0730. The number of carbonyl (C=O) groups is 3. The van der Waals surface area contributed by atoms with Gasteiger partial charge in [0.15, 0.2) is 0 Å². The fourth-order valence-corrected chi connectivity index (χ4v) is 3.53. The van der Waals surface area contributed by atoms with Gasteiger partial charge in [0.05, 0.1) is 17.7 Å². The number of benzene rings is 3. The van der Waals surface area contributed by atoms with Gasteiger partial charge < -0.3 is 14.2 Å². The lowest BCUT2D eigenvalue weighted by Gasteiger charge is -2.08. The Labute approximate surface area is 216 Å². The van der Waals surface area contributed by atoms with Gasteiger partial charge in [-0.15, -0.1) is 0 Å². The summed E-state index contributed by atoms with van der Waals surface area (Å²) < 4.78 is 16.4. The van der Waals surface area contributed by atoms with Crippen molar-refractivity contribution in [2.75, 3.05) is 6.61 Å². The van der Waals surface area contributed by atoms with Crippen molar-refractivity contribution >= 4 is 28.8 Å². The van der Waals surface area contributed by atoms with Gasteiger partial charge in [0.25, 0.3) is 5.24 Å². The van der Waals surface area contributed by atoms with Crippen LogP contribution in [0.2, 0.25) is 0 Å². The standard InChI is InChI=1S/C29H29ClO6/c1-2-3-4-5-6-7-20-34-24-14-10-22(11-15-24)28(32)36-26-18-12-23(13-19-26)29(33)35-25-16-8-21(9-17-25)27(30)31/h8-19H,2-7,20H2,1H3. The second-order valence-electron chi connectivity index (χ2n) is 8.24. The number of unbranched alkanes of at least 4 members (excludes halogenated alkanes) is 5. The van der Waals surface area contributed by atoms with E-state index < -0.39 is 17.2 Å². The van der Waals surface area contributed by atoms with Gasteiger partial charge >= 0.3 is 11.9 Å². The maximum absolute atomic E-state index is 12.5. The number of hydrogen-bond donors (Lipinski definition) is 0. The average molecular weight is 509 g/mol. The van der Waals surface area contributed by atoms with Crippen molar-refractivity contribution in [3.8, 4) is 17.2 Å². The van der Waals surface area contributed by atoms with Crippen LogP contribution in [0.15, 0.2) is 72.8 Å². The molecule has 0 saturated carbocycles. The summed E-state index contributed by atoms with van der Waals surface area (Å²) in [6, 6.07) is 18.8. The van der Waals surface area contributed by atoms with Crippen LogP contribution in [-0.2, 0) is 0 Å². The molecule has 0 aliphatic carbocycles. The monoisotopic (exact) mass is 508 g/mol. The summed E-state index contributed by atoms with van der Waals surface area (Å²) in [5.41, 5.74) is 0.974. The van der Waals surface area contributed by atoms with Gasteiger partial charge in [0.2, 0.25) is 0 Å². The normalized spacial score (nSPS) is 10.5. The lowest BCUT2D eigenvalue weighted by Crippen LogP contribution is -2.10. The predicted molar refractivity (Wildman–Crippen MR) is 138 cm³/mol. The summed E-state index contributed by atoms with van der Waals surface area (Å²) >= 11 is 5.41. The zero-order chi connectivity index (χ0) is 25.8. The van der Waals surface area contributed by atoms with Crippen LogP contribution in [0.1, 0.15) is 76.5 Å². The predicted octanol–water partition coefficient (Wildman–Crippen LogP) is 7.24. The third kappa shape index (κ3) is 8.54. The minimum atomic E-state index is -0.592. The van der Waals surface area contributed by atoms with E-state index in [1.165, 1.54) is 74.2 Å². The van der Waals surface area contributed by atoms with Crippen molar-refractivity contribution in [1.29, 1.82) is 0 Å². The Kier molecular flexibility index (Phi) is 10.5. The highest BCUT2D eigenvalue weighted by atomic mass is 35.5. The highest BCUT2D eigenvalue weighted by Gasteiger charge is 2.12. The Morgan fingerprint density at radius 1 is 0.583 bits per heavy atom. The van der Waals surface area contributed by atoms with Gasteiger partial charge in [-0.3, -0.25) is 4.79 Å². The minimum Gasteiger partial charge on any atom is -0.494 e. The highest BCUT2D eigenvalue weighted by molar-refractivity contribution is 6.67. The molecule has 36 heavy (non-hydrogen) atoms. The molecule has 3 aromatic carbocycles. The van der Waals surface area contributed by atoms with E-state index in [2.05, 4.69) is 6.92 Å². The molecule has 3 aromatic rings. The van der Waals surface area contributed by atoms with Crippen LogP contribution in [0, 0.1) is 0 Å². The summed E-state index contributed by atoms with van der Waals surface area (Å²) in [5, 5.41) is -0.592. The summed E-state index contributed by atoms with van der Waals surface area (Å²) in [7, 11) is 0. The zero-order valence-corrected chi connectivity index (χ0v) is 21.0. The fraction of sp³-hybridized carbons (Fsp3) is 0.276. The van der Waals surface area contributed by atoms with E-state index in [-0.39, 0.29) is 11.3 Å². The van der Waals surface area contributed by atoms with Gasteiger partial charge in [-0.25, -0.2) is 9.59 Å². The molecule has 0 aromatic heterocycles. The largest absolute Gasteiger partial charge is 0.494 e. The molecule has 0 atom stereocenters. The van der Waals surface area contributed by atoms with E-state index in [9.17, 15) is 14.4 Å². The molecular formula is C29H29ClO6. The number of carbonyl (C=O) groups excluding carboxylic acids is 3. The second-order valence-corrected chi connectivity index (χ2v) is 8.59. The zero-order valence-electron chi connectivity index (χ0n) is 20.2. The van der Waals surface area contributed by atoms with Crippen molar-refractivity contribution in [1.82, 2.24) is 0 Å². The van der Waals surface area contributed by atoms with Crippen LogP contribution in [0.25, 0.3) is 0 Å². The Morgan fingerprint density at radius 3 is 1.47 bits per heavy atom. The van der Waals surface area contributed by atoms with Gasteiger partial charge in [-0.1, -0.05) is 39.0 Å². The van der Waals surface area contributed by atoms with E-state index in [1.807, 2.05) is 0 Å². The van der Waals surface area contributed by atoms with E-state index in [1.54, 1.807) is 24.3 Å². The van der Waals surface area contributed by atoms with Crippen molar-refractivity contribution in [3.05, 3.63) is 89.5 Å². The van der Waals surface area contributed by atoms with Crippen LogP contribution < -0.4 is 14.2 Å². The van der Waals surface area contributed by atoms with Gasteiger partial charge in [-0.05, 0) is 90.8 Å². The quantitative estimate of drug-likeness (QED) is 0.105. The van der Waals surface area contributed by atoms with Crippen molar-refractivity contribution in [3.63, 3.8) is 0 Å². The molecule has 0 bridgehead atoms. The van der Waals surface area contributed by atoms with Crippen LogP contribution in [0.4, 0.5) is 0 Å². The van der Waals surface area contributed by atoms with Crippen molar-refractivity contribution < 1.29 is 28.6 Å². The van der Waals surface area contributed by atoms with Gasteiger partial charge in [0, 0.05) is 5.56 Å². The smallest absolute Gasteiger partial charge is 0.343 e. The molecule has 0 unspecified atom stereocenters. The highest BCUT2D eigenvalue weighted by Crippen LogP contribution is 2.19. The van der Waals surface area contributed by atoms with E-state index >= 15 is 0 Å². The van der Waals surface area contributed by atoms with Gasteiger partial charge in [-0.2, -0.15) is 0 Å². The molecule has 0 saturated heterocycles. The molecule has 3 rings (SSSR count). The summed E-state index contributed by atoms with van der Waals surface area (Å²) in [6.45, 7) is 2.86. The molecule has 0 aliphatic rings. The van der Waals surface area contributed by atoms with E-state index in [0.29, 0.717) is 29.2 Å². The number of halogens is 1. The maximum Gasteiger partial charge on any atom is 0.343 e. The first-order valence-electron chi connectivity index (χ1n) is 12.0. The lowest BCUT2D eigenvalue weighted by atomic mass is 10.1. The van der Waals surface area contributed by atoms with Crippen molar-refractivity contribution in [2.24, 2.45) is 0 Å². The Hall–Kier alpha value is -3.64. The summed E-state index contributed by atoms with van der Waals surface area (Å²) in [6.07, 6.45) is 7.19. The molecule has 0 spiro atoms. The molecular weight excluding hydrogens is 480 g/mol. The van der Waals surface area contributed by atoms with Crippen LogP contribution in [0.3, 0.4) is 0 Å². The number of hydrogen-bond acceptors (Lipinski definition) is 6. The number of ether oxygens (including phenoxy) is 3. The number of rotatable bonds is 13. The van der Waals surface area contributed by atoms with Crippen LogP contribution >= 0.6 is 11.6 Å². The fourth-order valence-electron chi connectivity index (χ4n) is 3.40. The minimum absolute atomic E-state index is 0.275. The first kappa shape index (κ1) is 27.0.